The molecule has 3 nitrogen and oxygen atoms in total. The number of nitrogen functional groups attached to an aromatic ring is 1. The normalized spacial score (nSPS) is 7.90. The smallest absolute Gasteiger partial charge is 0.221 e. The Morgan fingerprint density at radius 1 is 1.50 bits per heavy atom. The van der Waals surface area contributed by atoms with Crippen molar-refractivity contribution in [1.29, 1.82) is 0 Å². The molecule has 10 heavy (non-hydrogen) atoms. The van der Waals surface area contributed by atoms with Crippen LogP contribution >= 0.6 is 11.6 Å². The molecule has 0 atom stereocenters. The second-order valence-electron chi connectivity index (χ2n) is 1.24. The molecule has 0 spiro atoms. The monoisotopic (exact) mass is 159 g/mol. The summed E-state index contributed by atoms with van der Waals surface area (Å²) in [6.07, 6.45) is 1.50. The summed E-state index contributed by atoms with van der Waals surface area (Å²) in [5.41, 5.74) is 5.15. The van der Waals surface area contributed by atoms with E-state index in [0.717, 1.165) is 0 Å². The van der Waals surface area contributed by atoms with E-state index in [1.54, 1.807) is 6.07 Å². The van der Waals surface area contributed by atoms with Gasteiger partial charge in [0.1, 0.15) is 5.15 Å². The van der Waals surface area contributed by atoms with Crippen molar-refractivity contribution in [2.75, 3.05) is 5.73 Å². The Kier molecular flexibility index (Phi) is 4.58. The molecule has 0 aromatic carbocycles. The maximum absolute atomic E-state index is 5.41. The van der Waals surface area contributed by atoms with Gasteiger partial charge >= 0.3 is 0 Å². The minimum absolute atomic E-state index is 0.206. The minimum atomic E-state index is 0.206. The molecule has 0 radical (unpaired) electrons. The first-order valence-electron chi connectivity index (χ1n) is 3.03. The molecule has 0 saturated heterocycles. The Labute approximate surface area is 65.2 Å². The Hall–Kier alpha value is -0.830. The molecule has 4 heteroatoms. The molecule has 2 N–H and O–H groups in total. The number of nitrogens with zero attached hydrogens (tertiary/aromatic N) is 2. The molecule has 0 aliphatic rings. The summed E-state index contributed by atoms with van der Waals surface area (Å²) in [5, 5.41) is 0.373. The van der Waals surface area contributed by atoms with Crippen LogP contribution in [0.5, 0.6) is 0 Å². The molecule has 0 aliphatic carbocycles. The number of hydrogen-bond donors (Lipinski definition) is 1. The van der Waals surface area contributed by atoms with Crippen molar-refractivity contribution in [3.8, 4) is 0 Å². The largest absolute Gasteiger partial charge is 0.368 e. The molecule has 56 valence electrons. The van der Waals surface area contributed by atoms with Crippen LogP contribution in [0.2, 0.25) is 5.15 Å². The van der Waals surface area contributed by atoms with Gasteiger partial charge in [0.05, 0.1) is 0 Å². The summed E-state index contributed by atoms with van der Waals surface area (Å²) < 4.78 is 0. The van der Waals surface area contributed by atoms with Crippen LogP contribution in [0.3, 0.4) is 0 Å². The maximum atomic E-state index is 5.41. The molecule has 1 aromatic heterocycles. The first-order chi connectivity index (χ1) is 4.79. The zero-order chi connectivity index (χ0) is 7.98. The van der Waals surface area contributed by atoms with Crippen LogP contribution in [0, 0.1) is 0 Å². The van der Waals surface area contributed by atoms with Crippen LogP contribution in [0.1, 0.15) is 13.8 Å². The van der Waals surface area contributed by atoms with E-state index in [-0.39, 0.29) is 5.95 Å². The number of rotatable bonds is 0. The number of anilines is 1. The molecular weight excluding hydrogens is 150 g/mol. The predicted molar refractivity (Wildman–Crippen MR) is 42.8 cm³/mol. The number of hydrogen-bond acceptors (Lipinski definition) is 3. The van der Waals surface area contributed by atoms with Crippen LogP contribution in [-0.4, -0.2) is 9.97 Å². The quantitative estimate of drug-likeness (QED) is 0.587. The Morgan fingerprint density at radius 2 is 2.10 bits per heavy atom. The van der Waals surface area contributed by atoms with Gasteiger partial charge < -0.3 is 5.73 Å². The molecule has 0 amide bonds. The van der Waals surface area contributed by atoms with E-state index in [2.05, 4.69) is 9.97 Å². The molecule has 1 heterocycles. The van der Waals surface area contributed by atoms with Crippen molar-refractivity contribution in [1.82, 2.24) is 9.97 Å². The molecule has 0 bridgehead atoms. The van der Waals surface area contributed by atoms with Gasteiger partial charge in [-0.25, -0.2) is 9.97 Å². The molecular formula is C6H10ClN3. The fraction of sp³-hybridized carbons (Fsp3) is 0.333. The van der Waals surface area contributed by atoms with Crippen molar-refractivity contribution < 1.29 is 0 Å². The summed E-state index contributed by atoms with van der Waals surface area (Å²) in [7, 11) is 0. The third kappa shape index (κ3) is 3.25. The van der Waals surface area contributed by atoms with E-state index < -0.39 is 0 Å². The number of aromatic nitrogens is 2. The average molecular weight is 160 g/mol. The Balaban J connectivity index is 0.000000371. The molecule has 1 rings (SSSR count). The highest BCUT2D eigenvalue weighted by Gasteiger charge is 1.86. The van der Waals surface area contributed by atoms with Gasteiger partial charge in [-0.2, -0.15) is 0 Å². The lowest BCUT2D eigenvalue weighted by Gasteiger charge is -1.87. The van der Waals surface area contributed by atoms with E-state index in [9.17, 15) is 0 Å². The molecule has 0 fully saturated rings. The lowest BCUT2D eigenvalue weighted by molar-refractivity contribution is 1.19. The van der Waals surface area contributed by atoms with Crippen molar-refractivity contribution in [3.05, 3.63) is 17.4 Å². The number of nitrogens with two attached hydrogens (primary N) is 1. The van der Waals surface area contributed by atoms with Crippen LogP contribution in [0.15, 0.2) is 12.3 Å². The summed E-state index contributed by atoms with van der Waals surface area (Å²) in [6, 6.07) is 1.57. The van der Waals surface area contributed by atoms with E-state index in [4.69, 9.17) is 17.3 Å². The first kappa shape index (κ1) is 9.17. The predicted octanol–water partition coefficient (Wildman–Crippen LogP) is 1.74. The van der Waals surface area contributed by atoms with E-state index >= 15 is 0 Å². The number of halogens is 1. The van der Waals surface area contributed by atoms with Crippen LogP contribution < -0.4 is 5.73 Å². The summed E-state index contributed by atoms with van der Waals surface area (Å²) >= 11 is 5.41. The Bertz CT molecular complexity index is 173. The lowest BCUT2D eigenvalue weighted by atomic mass is 10.7. The average Bonchev–Trinajstić information content (AvgIpc) is 1.91. The zero-order valence-corrected chi connectivity index (χ0v) is 6.76. The van der Waals surface area contributed by atoms with Crippen molar-refractivity contribution in [2.24, 2.45) is 0 Å². The van der Waals surface area contributed by atoms with Crippen molar-refractivity contribution >= 4 is 17.5 Å². The highest BCUT2D eigenvalue weighted by molar-refractivity contribution is 6.29. The minimum Gasteiger partial charge on any atom is -0.368 e. The zero-order valence-electron chi connectivity index (χ0n) is 6.00. The fourth-order valence-corrected chi connectivity index (χ4v) is 0.494. The highest BCUT2D eigenvalue weighted by atomic mass is 35.5. The Morgan fingerprint density at radius 3 is 2.40 bits per heavy atom. The summed E-state index contributed by atoms with van der Waals surface area (Å²) in [5.74, 6) is 0.206. The third-order valence-corrected chi connectivity index (χ3v) is 0.851. The lowest BCUT2D eigenvalue weighted by Crippen LogP contribution is -1.91. The third-order valence-electron chi connectivity index (χ3n) is 0.640. The van der Waals surface area contributed by atoms with Gasteiger partial charge in [0.25, 0.3) is 0 Å². The van der Waals surface area contributed by atoms with Crippen molar-refractivity contribution in [2.45, 2.75) is 13.8 Å². The van der Waals surface area contributed by atoms with Gasteiger partial charge in [-0.15, -0.1) is 0 Å². The first-order valence-corrected chi connectivity index (χ1v) is 3.41. The van der Waals surface area contributed by atoms with Gasteiger partial charge in [-0.1, -0.05) is 25.4 Å². The molecule has 0 aliphatic heterocycles. The SMILES string of the molecule is CC.Nc1nccc(Cl)n1. The van der Waals surface area contributed by atoms with E-state index in [1.807, 2.05) is 13.8 Å². The van der Waals surface area contributed by atoms with Crippen LogP contribution in [0.25, 0.3) is 0 Å². The summed E-state index contributed by atoms with van der Waals surface area (Å²) in [6.45, 7) is 4.00. The van der Waals surface area contributed by atoms with Gasteiger partial charge in [0.15, 0.2) is 0 Å². The second-order valence-corrected chi connectivity index (χ2v) is 1.62. The van der Waals surface area contributed by atoms with E-state index in [0.29, 0.717) is 5.15 Å². The second kappa shape index (κ2) is 4.99. The maximum Gasteiger partial charge on any atom is 0.221 e. The molecule has 0 unspecified atom stereocenters. The highest BCUT2D eigenvalue weighted by Crippen LogP contribution is 2.01. The van der Waals surface area contributed by atoms with Crippen LogP contribution in [0.4, 0.5) is 5.95 Å². The molecule has 1 aromatic rings. The standard InChI is InChI=1S/C4H4ClN3.C2H6/c5-3-1-2-7-4(6)8-3;1-2/h1-2H,(H2,6,7,8);1-2H3. The topological polar surface area (TPSA) is 51.8 Å². The van der Waals surface area contributed by atoms with Gasteiger partial charge in [-0.05, 0) is 6.07 Å². The van der Waals surface area contributed by atoms with Gasteiger partial charge in [0.2, 0.25) is 5.95 Å². The molecule has 0 saturated carbocycles. The van der Waals surface area contributed by atoms with Crippen LogP contribution in [-0.2, 0) is 0 Å². The van der Waals surface area contributed by atoms with Gasteiger partial charge in [-0.3, -0.25) is 0 Å². The van der Waals surface area contributed by atoms with E-state index in [1.165, 1.54) is 6.20 Å². The van der Waals surface area contributed by atoms with Crippen molar-refractivity contribution in [3.63, 3.8) is 0 Å². The van der Waals surface area contributed by atoms with Gasteiger partial charge in [0, 0.05) is 6.20 Å². The fourth-order valence-electron chi connectivity index (χ4n) is 0.351. The summed E-state index contributed by atoms with van der Waals surface area (Å²) in [4.78, 5) is 7.23.